The Morgan fingerprint density at radius 3 is 2.61 bits per heavy atom. The molecule has 2 heterocycles. The number of benzene rings is 2. The van der Waals surface area contributed by atoms with Crippen molar-refractivity contribution in [1.82, 2.24) is 14.5 Å². The van der Waals surface area contributed by atoms with Gasteiger partial charge >= 0.3 is 0 Å². The smallest absolute Gasteiger partial charge is 0.150 e. The first-order chi connectivity index (χ1) is 15.3. The van der Waals surface area contributed by atoms with Crippen molar-refractivity contribution in [3.8, 4) is 11.8 Å². The number of para-hydroxylation sites is 1. The van der Waals surface area contributed by atoms with E-state index in [1.807, 2.05) is 59.3 Å². The Hall–Kier alpha value is -3.85. The molecule has 6 nitrogen and oxygen atoms in total. The van der Waals surface area contributed by atoms with E-state index in [9.17, 15) is 5.26 Å². The quantitative estimate of drug-likeness (QED) is 0.438. The van der Waals surface area contributed by atoms with Gasteiger partial charge in [-0.3, -0.25) is 0 Å². The Kier molecular flexibility index (Phi) is 5.24. The average molecular weight is 409 g/mol. The van der Waals surface area contributed by atoms with Crippen LogP contribution in [0, 0.1) is 11.3 Å². The molecule has 0 aliphatic heterocycles. The van der Waals surface area contributed by atoms with Crippen LogP contribution in [0.5, 0.6) is 0 Å². The third-order valence-corrected chi connectivity index (χ3v) is 5.88. The van der Waals surface area contributed by atoms with Gasteiger partial charge in [-0.15, -0.1) is 0 Å². The Labute approximate surface area is 181 Å². The molecule has 0 spiro atoms. The van der Waals surface area contributed by atoms with E-state index in [1.165, 1.54) is 19.3 Å². The molecular formula is C25H24N6. The molecule has 31 heavy (non-hydrogen) atoms. The van der Waals surface area contributed by atoms with E-state index in [4.69, 9.17) is 0 Å². The van der Waals surface area contributed by atoms with E-state index in [0.717, 1.165) is 46.8 Å². The number of fused-ring (bicyclic) bond motifs is 1. The van der Waals surface area contributed by atoms with Crippen LogP contribution < -0.4 is 10.6 Å². The van der Waals surface area contributed by atoms with E-state index < -0.39 is 0 Å². The maximum absolute atomic E-state index is 9.59. The lowest BCUT2D eigenvalue weighted by Crippen LogP contribution is -2.22. The van der Waals surface area contributed by atoms with Gasteiger partial charge in [0, 0.05) is 23.6 Å². The van der Waals surface area contributed by atoms with Gasteiger partial charge in [-0.1, -0.05) is 37.5 Å². The van der Waals surface area contributed by atoms with Gasteiger partial charge < -0.3 is 15.2 Å². The normalized spacial score (nSPS) is 14.3. The van der Waals surface area contributed by atoms with Crippen molar-refractivity contribution in [3.63, 3.8) is 0 Å². The van der Waals surface area contributed by atoms with Crippen LogP contribution in [0.25, 0.3) is 16.7 Å². The van der Waals surface area contributed by atoms with Crippen molar-refractivity contribution in [2.45, 2.75) is 38.1 Å². The maximum Gasteiger partial charge on any atom is 0.150 e. The number of anilines is 3. The molecule has 1 fully saturated rings. The number of aromatic nitrogens is 3. The lowest BCUT2D eigenvalue weighted by atomic mass is 9.95. The minimum absolute atomic E-state index is 0.432. The molecule has 2 aromatic carbocycles. The SMILES string of the molecule is N#Cc1ccc(-n2ccc3c(Nc4ccccc4)ncnc32)cc1NC1CCCCC1. The summed E-state index contributed by atoms with van der Waals surface area (Å²) in [7, 11) is 0. The zero-order chi connectivity index (χ0) is 21.0. The molecule has 2 N–H and O–H groups in total. The number of nitrogens with zero attached hydrogens (tertiary/aromatic N) is 4. The monoisotopic (exact) mass is 408 g/mol. The van der Waals surface area contributed by atoms with Crippen molar-refractivity contribution < 1.29 is 0 Å². The Morgan fingerprint density at radius 2 is 1.81 bits per heavy atom. The van der Waals surface area contributed by atoms with Crippen LogP contribution in [-0.4, -0.2) is 20.6 Å². The summed E-state index contributed by atoms with van der Waals surface area (Å²) in [6.07, 6.45) is 9.69. The van der Waals surface area contributed by atoms with Gasteiger partial charge in [-0.2, -0.15) is 5.26 Å². The zero-order valence-electron chi connectivity index (χ0n) is 17.3. The molecule has 1 aliphatic rings. The number of hydrogen-bond acceptors (Lipinski definition) is 5. The number of nitrogens with one attached hydrogen (secondary N) is 2. The largest absolute Gasteiger partial charge is 0.381 e. The van der Waals surface area contributed by atoms with Gasteiger partial charge in [0.25, 0.3) is 0 Å². The predicted molar refractivity (Wildman–Crippen MR) is 124 cm³/mol. The third kappa shape index (κ3) is 3.95. The van der Waals surface area contributed by atoms with Gasteiger partial charge in [-0.25, -0.2) is 9.97 Å². The van der Waals surface area contributed by atoms with Crippen molar-refractivity contribution in [3.05, 3.63) is 72.7 Å². The van der Waals surface area contributed by atoms with E-state index in [1.54, 1.807) is 6.33 Å². The number of rotatable bonds is 5. The van der Waals surface area contributed by atoms with Crippen LogP contribution in [-0.2, 0) is 0 Å². The highest BCUT2D eigenvalue weighted by Crippen LogP contribution is 2.29. The van der Waals surface area contributed by atoms with Crippen LogP contribution in [0.2, 0.25) is 0 Å². The first kappa shape index (κ1) is 19.1. The van der Waals surface area contributed by atoms with Crippen LogP contribution in [0.15, 0.2) is 67.1 Å². The van der Waals surface area contributed by atoms with Crippen LogP contribution in [0.1, 0.15) is 37.7 Å². The molecule has 0 saturated heterocycles. The second-order valence-corrected chi connectivity index (χ2v) is 7.96. The predicted octanol–water partition coefficient (Wildman–Crippen LogP) is 5.78. The summed E-state index contributed by atoms with van der Waals surface area (Å²) in [5, 5.41) is 17.5. The molecule has 4 aromatic rings. The fourth-order valence-corrected chi connectivity index (χ4v) is 4.28. The Bertz CT molecular complexity index is 1230. The molecule has 0 bridgehead atoms. The highest BCUT2D eigenvalue weighted by atomic mass is 15.1. The summed E-state index contributed by atoms with van der Waals surface area (Å²) in [6, 6.07) is 20.7. The topological polar surface area (TPSA) is 78.6 Å². The van der Waals surface area contributed by atoms with Crippen molar-refractivity contribution in [2.24, 2.45) is 0 Å². The van der Waals surface area contributed by atoms with Crippen LogP contribution in [0.3, 0.4) is 0 Å². The molecule has 0 amide bonds. The van der Waals surface area contributed by atoms with Gasteiger partial charge in [0.1, 0.15) is 23.9 Å². The second kappa shape index (κ2) is 8.49. The van der Waals surface area contributed by atoms with Gasteiger partial charge in [-0.05, 0) is 49.2 Å². The summed E-state index contributed by atoms with van der Waals surface area (Å²) < 4.78 is 2.04. The van der Waals surface area contributed by atoms with Crippen molar-refractivity contribution in [1.29, 1.82) is 5.26 Å². The van der Waals surface area contributed by atoms with Crippen LogP contribution >= 0.6 is 0 Å². The average Bonchev–Trinajstić information content (AvgIpc) is 3.26. The summed E-state index contributed by atoms with van der Waals surface area (Å²) >= 11 is 0. The lowest BCUT2D eigenvalue weighted by molar-refractivity contribution is 0.462. The molecular weight excluding hydrogens is 384 g/mol. The molecule has 0 atom stereocenters. The summed E-state index contributed by atoms with van der Waals surface area (Å²) in [5.41, 5.74) is 4.34. The summed E-state index contributed by atoms with van der Waals surface area (Å²) in [6.45, 7) is 0. The van der Waals surface area contributed by atoms with Gasteiger partial charge in [0.15, 0.2) is 0 Å². The maximum atomic E-state index is 9.59. The van der Waals surface area contributed by atoms with E-state index in [-0.39, 0.29) is 0 Å². The third-order valence-electron chi connectivity index (χ3n) is 5.88. The molecule has 1 saturated carbocycles. The van der Waals surface area contributed by atoms with E-state index in [0.29, 0.717) is 11.6 Å². The minimum atomic E-state index is 0.432. The lowest BCUT2D eigenvalue weighted by Gasteiger charge is -2.24. The van der Waals surface area contributed by atoms with Gasteiger partial charge in [0.05, 0.1) is 16.6 Å². The number of hydrogen-bond donors (Lipinski definition) is 2. The zero-order valence-corrected chi connectivity index (χ0v) is 17.3. The van der Waals surface area contributed by atoms with Crippen LogP contribution in [0.4, 0.5) is 17.2 Å². The Balaban J connectivity index is 1.50. The summed E-state index contributed by atoms with van der Waals surface area (Å²) in [4.78, 5) is 8.97. The fraction of sp³-hybridized carbons (Fsp3) is 0.240. The first-order valence-electron chi connectivity index (χ1n) is 10.8. The standard InChI is InChI=1S/C25H24N6/c26-16-18-11-12-21(15-23(18)29-19-7-3-1-4-8-19)31-14-13-22-24(27-17-28-25(22)31)30-20-9-5-2-6-10-20/h2,5-6,9-15,17,19,29H,1,3-4,7-8H2,(H,27,28,30). The fourth-order valence-electron chi connectivity index (χ4n) is 4.28. The Morgan fingerprint density at radius 1 is 0.968 bits per heavy atom. The number of nitriles is 1. The van der Waals surface area contributed by atoms with Crippen molar-refractivity contribution >= 4 is 28.2 Å². The molecule has 1 aliphatic carbocycles. The van der Waals surface area contributed by atoms with Crippen molar-refractivity contribution in [2.75, 3.05) is 10.6 Å². The van der Waals surface area contributed by atoms with E-state index >= 15 is 0 Å². The van der Waals surface area contributed by atoms with E-state index in [2.05, 4.69) is 32.7 Å². The highest BCUT2D eigenvalue weighted by Gasteiger charge is 2.16. The molecule has 6 heteroatoms. The molecule has 5 rings (SSSR count). The minimum Gasteiger partial charge on any atom is -0.381 e. The molecule has 0 radical (unpaired) electrons. The summed E-state index contributed by atoms with van der Waals surface area (Å²) in [5.74, 6) is 0.768. The molecule has 154 valence electrons. The second-order valence-electron chi connectivity index (χ2n) is 7.96. The molecule has 0 unspecified atom stereocenters. The molecule has 2 aromatic heterocycles. The first-order valence-corrected chi connectivity index (χ1v) is 10.8. The van der Waals surface area contributed by atoms with Gasteiger partial charge in [0.2, 0.25) is 0 Å². The highest BCUT2D eigenvalue weighted by molar-refractivity contribution is 5.90.